The highest BCUT2D eigenvalue weighted by molar-refractivity contribution is 6.09. The fourth-order valence-corrected chi connectivity index (χ4v) is 4.35. The largest absolute Gasteiger partial charge is 0.496 e. The molecule has 2 heterocycles. The second-order valence-electron chi connectivity index (χ2n) is 8.44. The second-order valence-corrected chi connectivity index (χ2v) is 8.44. The number of aromatic nitrogens is 2. The van der Waals surface area contributed by atoms with E-state index in [9.17, 15) is 14.0 Å². The van der Waals surface area contributed by atoms with Crippen LogP contribution in [0.1, 0.15) is 28.9 Å². The summed E-state index contributed by atoms with van der Waals surface area (Å²) in [6.45, 7) is 1.78. The van der Waals surface area contributed by atoms with E-state index < -0.39 is 17.8 Å². The van der Waals surface area contributed by atoms with E-state index in [0.717, 1.165) is 0 Å². The van der Waals surface area contributed by atoms with Gasteiger partial charge in [0, 0.05) is 22.6 Å². The van der Waals surface area contributed by atoms with Gasteiger partial charge in [-0.05, 0) is 49.4 Å². The number of methoxy groups -OCH3 is 1. The van der Waals surface area contributed by atoms with Crippen LogP contribution in [-0.2, 0) is 4.79 Å². The summed E-state index contributed by atoms with van der Waals surface area (Å²) < 4.78 is 20.5. The van der Waals surface area contributed by atoms with Crippen LogP contribution < -0.4 is 20.7 Å². The number of allylic oxidation sites excluding steroid dienone is 1. The van der Waals surface area contributed by atoms with Crippen molar-refractivity contribution in [1.29, 1.82) is 0 Å². The number of amides is 2. The summed E-state index contributed by atoms with van der Waals surface area (Å²) in [4.78, 5) is 26.7. The Bertz CT molecular complexity index is 1500. The Hall–Kier alpha value is -4.92. The molecule has 1 aliphatic heterocycles. The van der Waals surface area contributed by atoms with Crippen LogP contribution in [-0.4, -0.2) is 28.7 Å². The average Bonchev–Trinajstić information content (AvgIpc) is 3.33. The van der Waals surface area contributed by atoms with Crippen LogP contribution in [0.5, 0.6) is 5.75 Å². The molecule has 9 heteroatoms. The van der Waals surface area contributed by atoms with Crippen molar-refractivity contribution < 1.29 is 18.7 Å². The Balaban J connectivity index is 1.56. The van der Waals surface area contributed by atoms with Crippen LogP contribution in [0.3, 0.4) is 0 Å². The van der Waals surface area contributed by atoms with Crippen LogP contribution >= 0.6 is 0 Å². The number of carbonyl (C=O) groups excluding carboxylic acids is 2. The molecule has 37 heavy (non-hydrogen) atoms. The molecule has 0 fully saturated rings. The Morgan fingerprint density at radius 2 is 1.57 bits per heavy atom. The molecular weight excluding hydrogens is 473 g/mol. The number of hydrogen-bond acceptors (Lipinski definition) is 5. The van der Waals surface area contributed by atoms with Crippen LogP contribution in [0.2, 0.25) is 0 Å². The van der Waals surface area contributed by atoms with Gasteiger partial charge in [0.1, 0.15) is 29.0 Å². The highest BCUT2D eigenvalue weighted by Crippen LogP contribution is 2.41. The zero-order chi connectivity index (χ0) is 25.9. The summed E-state index contributed by atoms with van der Waals surface area (Å²) >= 11 is 0. The van der Waals surface area contributed by atoms with Gasteiger partial charge in [0.15, 0.2) is 0 Å². The minimum Gasteiger partial charge on any atom is -0.496 e. The lowest BCUT2D eigenvalue weighted by Gasteiger charge is -2.31. The van der Waals surface area contributed by atoms with Gasteiger partial charge in [-0.25, -0.2) is 9.07 Å². The summed E-state index contributed by atoms with van der Waals surface area (Å²) in [6, 6.07) is 21.3. The van der Waals surface area contributed by atoms with Crippen molar-refractivity contribution in [2.45, 2.75) is 13.0 Å². The third kappa shape index (κ3) is 4.66. The minimum absolute atomic E-state index is 0.270. The molecule has 4 aromatic rings. The van der Waals surface area contributed by atoms with Crippen molar-refractivity contribution >= 4 is 29.0 Å². The first-order valence-corrected chi connectivity index (χ1v) is 11.6. The molecule has 0 aliphatic carbocycles. The fraction of sp³-hybridized carbons (Fsp3) is 0.107. The third-order valence-electron chi connectivity index (χ3n) is 6.08. The molecule has 0 radical (unpaired) electrons. The van der Waals surface area contributed by atoms with Crippen molar-refractivity contribution in [3.63, 3.8) is 0 Å². The van der Waals surface area contributed by atoms with Gasteiger partial charge >= 0.3 is 0 Å². The fourth-order valence-electron chi connectivity index (χ4n) is 4.35. The Kier molecular flexibility index (Phi) is 6.42. The zero-order valence-corrected chi connectivity index (χ0v) is 20.2. The van der Waals surface area contributed by atoms with Crippen molar-refractivity contribution in [3.05, 3.63) is 113 Å². The number of rotatable bonds is 6. The third-order valence-corrected chi connectivity index (χ3v) is 6.08. The molecule has 2 amide bonds. The maximum Gasteiger partial charge on any atom is 0.261 e. The number of ether oxygens (including phenoxy) is 1. The van der Waals surface area contributed by atoms with E-state index in [0.29, 0.717) is 39.8 Å². The van der Waals surface area contributed by atoms with Crippen molar-refractivity contribution in [3.8, 4) is 5.75 Å². The lowest BCUT2D eigenvalue weighted by Crippen LogP contribution is -2.32. The summed E-state index contributed by atoms with van der Waals surface area (Å²) in [5.41, 5.74) is 3.06. The number of carbonyl (C=O) groups is 2. The number of benzene rings is 3. The topological polar surface area (TPSA) is 97.3 Å². The Morgan fingerprint density at radius 3 is 2.30 bits per heavy atom. The summed E-state index contributed by atoms with van der Waals surface area (Å²) in [6.07, 6.45) is 1.44. The SMILES string of the molecule is COc1ccccc1C1C(C(=O)Nc2ccccc2)=C(C)Nc2c(C(=O)Nc3ccc(F)cc3)cnn21. The molecule has 1 atom stereocenters. The van der Waals surface area contributed by atoms with E-state index in [1.165, 1.54) is 30.5 Å². The van der Waals surface area contributed by atoms with E-state index in [2.05, 4.69) is 21.0 Å². The first-order valence-electron chi connectivity index (χ1n) is 11.6. The van der Waals surface area contributed by atoms with Gasteiger partial charge in [0.25, 0.3) is 11.8 Å². The summed E-state index contributed by atoms with van der Waals surface area (Å²) in [7, 11) is 1.56. The Labute approximate surface area is 212 Å². The molecule has 3 aromatic carbocycles. The second kappa shape index (κ2) is 9.98. The number of hydrogen-bond donors (Lipinski definition) is 3. The van der Waals surface area contributed by atoms with Gasteiger partial charge in [0.05, 0.1) is 18.9 Å². The molecule has 5 rings (SSSR count). The molecule has 8 nitrogen and oxygen atoms in total. The quantitative estimate of drug-likeness (QED) is 0.340. The smallest absolute Gasteiger partial charge is 0.261 e. The van der Waals surface area contributed by atoms with Crippen molar-refractivity contribution in [1.82, 2.24) is 9.78 Å². The monoisotopic (exact) mass is 497 g/mol. The van der Waals surface area contributed by atoms with Crippen molar-refractivity contribution in [2.75, 3.05) is 23.1 Å². The van der Waals surface area contributed by atoms with Gasteiger partial charge in [-0.15, -0.1) is 0 Å². The normalized spacial score (nSPS) is 14.4. The number of nitrogens with zero attached hydrogens (tertiary/aromatic N) is 2. The van der Waals surface area contributed by atoms with Crippen LogP contribution in [0, 0.1) is 5.82 Å². The molecule has 0 saturated carbocycles. The van der Waals surface area contributed by atoms with E-state index in [-0.39, 0.29) is 11.5 Å². The lowest BCUT2D eigenvalue weighted by molar-refractivity contribution is -0.113. The molecule has 0 bridgehead atoms. The molecule has 1 aromatic heterocycles. The molecule has 1 aliphatic rings. The summed E-state index contributed by atoms with van der Waals surface area (Å²) in [5, 5.41) is 13.4. The van der Waals surface area contributed by atoms with Gasteiger partial charge in [-0.1, -0.05) is 36.4 Å². The summed E-state index contributed by atoms with van der Waals surface area (Å²) in [5.74, 6) is -0.144. The van der Waals surface area contributed by atoms with E-state index in [4.69, 9.17) is 4.74 Å². The predicted molar refractivity (Wildman–Crippen MR) is 139 cm³/mol. The molecule has 1 unspecified atom stereocenters. The first kappa shape index (κ1) is 23.8. The number of halogens is 1. The Morgan fingerprint density at radius 1 is 0.919 bits per heavy atom. The number of fused-ring (bicyclic) bond motifs is 1. The van der Waals surface area contributed by atoms with Gasteiger partial charge < -0.3 is 20.7 Å². The standard InChI is InChI=1S/C28H24FN5O3/c1-17-24(28(36)33-19-8-4-3-5-9-19)25(21-10-6-7-11-23(21)37-2)34-26(31-17)22(16-30-34)27(35)32-20-14-12-18(29)13-15-20/h3-16,25,31H,1-2H3,(H,32,35)(H,33,36). The molecule has 0 spiro atoms. The predicted octanol–water partition coefficient (Wildman–Crippen LogP) is 5.21. The maximum atomic E-state index is 13.6. The highest BCUT2D eigenvalue weighted by atomic mass is 19.1. The van der Waals surface area contributed by atoms with Gasteiger partial charge in [-0.3, -0.25) is 9.59 Å². The van der Waals surface area contributed by atoms with Gasteiger partial charge in [-0.2, -0.15) is 5.10 Å². The lowest BCUT2D eigenvalue weighted by atomic mass is 9.93. The van der Waals surface area contributed by atoms with E-state index in [1.54, 1.807) is 30.8 Å². The number of anilines is 3. The number of nitrogens with one attached hydrogen (secondary N) is 3. The van der Waals surface area contributed by atoms with E-state index >= 15 is 0 Å². The molecule has 3 N–H and O–H groups in total. The minimum atomic E-state index is -0.677. The van der Waals surface area contributed by atoms with Gasteiger partial charge in [0.2, 0.25) is 0 Å². The number of para-hydroxylation sites is 2. The zero-order valence-electron chi connectivity index (χ0n) is 20.2. The molecule has 0 saturated heterocycles. The van der Waals surface area contributed by atoms with Crippen LogP contribution in [0.4, 0.5) is 21.6 Å². The van der Waals surface area contributed by atoms with Crippen molar-refractivity contribution in [2.24, 2.45) is 0 Å². The maximum absolute atomic E-state index is 13.6. The average molecular weight is 498 g/mol. The first-order chi connectivity index (χ1) is 18.0. The highest BCUT2D eigenvalue weighted by Gasteiger charge is 2.36. The van der Waals surface area contributed by atoms with Crippen LogP contribution in [0.25, 0.3) is 0 Å². The van der Waals surface area contributed by atoms with Crippen LogP contribution in [0.15, 0.2) is 96.3 Å². The molecular formula is C28H24FN5O3. The molecule has 186 valence electrons. The van der Waals surface area contributed by atoms with E-state index in [1.807, 2.05) is 42.5 Å².